The standard InChI is InChI=1S/C19H15N3O4S2/c1-26-19(23)15-11-16(18-10-12-4-2-3-5-17(12)27-18)22(21-15)13-6-8-14(9-7-13)28(20,24)25/h2-11H,1H3,(H2,20,24,25). The summed E-state index contributed by atoms with van der Waals surface area (Å²) in [6, 6.07) is 17.6. The summed E-state index contributed by atoms with van der Waals surface area (Å²) in [5.74, 6) is -0.553. The van der Waals surface area contributed by atoms with Gasteiger partial charge in [-0.2, -0.15) is 5.10 Å². The lowest BCUT2D eigenvalue weighted by Gasteiger charge is -2.07. The summed E-state index contributed by atoms with van der Waals surface area (Å²) in [5.41, 5.74) is 1.45. The normalized spacial score (nSPS) is 11.6. The van der Waals surface area contributed by atoms with Gasteiger partial charge in [-0.15, -0.1) is 11.3 Å². The lowest BCUT2D eigenvalue weighted by molar-refractivity contribution is 0.0593. The zero-order valence-corrected chi connectivity index (χ0v) is 16.3. The van der Waals surface area contributed by atoms with Crippen molar-refractivity contribution in [2.24, 2.45) is 5.14 Å². The van der Waals surface area contributed by atoms with Gasteiger partial charge in [0.2, 0.25) is 10.0 Å². The van der Waals surface area contributed by atoms with Crippen molar-refractivity contribution in [1.82, 2.24) is 9.78 Å². The van der Waals surface area contributed by atoms with Gasteiger partial charge < -0.3 is 4.74 Å². The number of methoxy groups -OCH3 is 1. The Labute approximate surface area is 165 Å². The summed E-state index contributed by atoms with van der Waals surface area (Å²) >= 11 is 1.57. The molecular formula is C19H15N3O4S2. The molecule has 0 atom stereocenters. The number of primary sulfonamides is 1. The average molecular weight is 413 g/mol. The molecule has 0 aliphatic carbocycles. The van der Waals surface area contributed by atoms with Gasteiger partial charge in [-0.3, -0.25) is 0 Å². The first kappa shape index (κ1) is 18.4. The average Bonchev–Trinajstić information content (AvgIpc) is 3.31. The Morgan fingerprint density at radius 1 is 1.11 bits per heavy atom. The molecule has 2 aromatic carbocycles. The first-order valence-corrected chi connectivity index (χ1v) is 10.5. The van der Waals surface area contributed by atoms with Crippen LogP contribution in [0.25, 0.3) is 26.3 Å². The fraction of sp³-hybridized carbons (Fsp3) is 0.0526. The minimum atomic E-state index is -3.80. The number of hydrogen-bond acceptors (Lipinski definition) is 6. The number of rotatable bonds is 4. The van der Waals surface area contributed by atoms with Gasteiger partial charge in [0, 0.05) is 10.8 Å². The molecule has 4 rings (SSSR count). The van der Waals surface area contributed by atoms with Crippen molar-refractivity contribution in [2.75, 3.05) is 7.11 Å². The molecular weight excluding hydrogens is 398 g/mol. The first-order chi connectivity index (χ1) is 13.4. The van der Waals surface area contributed by atoms with Crippen molar-refractivity contribution >= 4 is 37.4 Å². The molecule has 2 N–H and O–H groups in total. The molecule has 0 aliphatic heterocycles. The summed E-state index contributed by atoms with van der Waals surface area (Å²) in [4.78, 5) is 12.9. The summed E-state index contributed by atoms with van der Waals surface area (Å²) in [5, 5.41) is 10.6. The maximum Gasteiger partial charge on any atom is 0.358 e. The predicted octanol–water partition coefficient (Wildman–Crippen LogP) is 3.19. The van der Waals surface area contributed by atoms with E-state index in [0.29, 0.717) is 11.4 Å². The molecule has 0 saturated carbocycles. The Morgan fingerprint density at radius 3 is 2.46 bits per heavy atom. The zero-order chi connectivity index (χ0) is 19.9. The summed E-state index contributed by atoms with van der Waals surface area (Å²) in [6.07, 6.45) is 0. The highest BCUT2D eigenvalue weighted by atomic mass is 32.2. The number of carbonyl (C=O) groups excluding carboxylic acids is 1. The van der Waals surface area contributed by atoms with Crippen LogP contribution >= 0.6 is 11.3 Å². The van der Waals surface area contributed by atoms with Gasteiger partial charge in [-0.1, -0.05) is 18.2 Å². The van der Waals surface area contributed by atoms with Crippen LogP contribution < -0.4 is 5.14 Å². The second kappa shape index (κ2) is 6.86. The van der Waals surface area contributed by atoms with Crippen molar-refractivity contribution in [3.05, 3.63) is 66.4 Å². The number of benzene rings is 2. The molecule has 0 saturated heterocycles. The monoisotopic (exact) mass is 413 g/mol. The molecule has 0 unspecified atom stereocenters. The van der Waals surface area contributed by atoms with Crippen molar-refractivity contribution in [3.63, 3.8) is 0 Å². The van der Waals surface area contributed by atoms with Crippen LogP contribution in [0.1, 0.15) is 10.5 Å². The van der Waals surface area contributed by atoms with Gasteiger partial charge in [0.15, 0.2) is 5.69 Å². The maximum atomic E-state index is 12.0. The highest BCUT2D eigenvalue weighted by molar-refractivity contribution is 7.89. The van der Waals surface area contributed by atoms with E-state index in [2.05, 4.69) is 5.10 Å². The molecule has 2 aromatic heterocycles. The van der Waals surface area contributed by atoms with E-state index >= 15 is 0 Å². The van der Waals surface area contributed by atoms with E-state index in [0.717, 1.165) is 15.0 Å². The summed E-state index contributed by atoms with van der Waals surface area (Å²) in [6.45, 7) is 0. The van der Waals surface area contributed by atoms with E-state index in [1.807, 2.05) is 30.3 Å². The van der Waals surface area contributed by atoms with Crippen LogP contribution in [0.5, 0.6) is 0 Å². The number of thiophene rings is 1. The highest BCUT2D eigenvalue weighted by Gasteiger charge is 2.19. The topological polar surface area (TPSA) is 104 Å². The Balaban J connectivity index is 1.88. The Hall–Kier alpha value is -3.01. The lowest BCUT2D eigenvalue weighted by atomic mass is 10.2. The quantitative estimate of drug-likeness (QED) is 0.518. The second-order valence-corrected chi connectivity index (χ2v) is 8.65. The molecule has 0 aliphatic rings. The smallest absolute Gasteiger partial charge is 0.358 e. The molecule has 142 valence electrons. The molecule has 4 aromatic rings. The third-order valence-electron chi connectivity index (χ3n) is 4.19. The molecule has 2 heterocycles. The van der Waals surface area contributed by atoms with E-state index in [1.54, 1.807) is 34.2 Å². The van der Waals surface area contributed by atoms with Crippen LogP contribution in [0, 0.1) is 0 Å². The lowest BCUT2D eigenvalue weighted by Crippen LogP contribution is -2.12. The number of carbonyl (C=O) groups is 1. The van der Waals surface area contributed by atoms with Gasteiger partial charge in [0.25, 0.3) is 0 Å². The van der Waals surface area contributed by atoms with Crippen molar-refractivity contribution < 1.29 is 17.9 Å². The number of hydrogen-bond donors (Lipinski definition) is 1. The van der Waals surface area contributed by atoms with Crippen molar-refractivity contribution in [2.45, 2.75) is 4.90 Å². The molecule has 0 fully saturated rings. The summed E-state index contributed by atoms with van der Waals surface area (Å²) in [7, 11) is -2.50. The van der Waals surface area contributed by atoms with Gasteiger partial charge in [0.05, 0.1) is 28.3 Å². The molecule has 7 nitrogen and oxygen atoms in total. The van der Waals surface area contributed by atoms with Crippen LogP contribution in [0.4, 0.5) is 0 Å². The third-order valence-corrected chi connectivity index (χ3v) is 6.26. The van der Waals surface area contributed by atoms with Crippen molar-refractivity contribution in [3.8, 4) is 16.3 Å². The van der Waals surface area contributed by atoms with Gasteiger partial charge in [-0.05, 0) is 41.8 Å². The maximum absolute atomic E-state index is 12.0. The van der Waals surface area contributed by atoms with Crippen LogP contribution in [0.2, 0.25) is 0 Å². The van der Waals surface area contributed by atoms with E-state index in [-0.39, 0.29) is 10.6 Å². The van der Waals surface area contributed by atoms with E-state index in [9.17, 15) is 13.2 Å². The predicted molar refractivity (Wildman–Crippen MR) is 107 cm³/mol. The molecule has 0 spiro atoms. The van der Waals surface area contributed by atoms with Gasteiger partial charge >= 0.3 is 5.97 Å². The minimum absolute atomic E-state index is 0.00000888. The second-order valence-electron chi connectivity index (χ2n) is 6.01. The van der Waals surface area contributed by atoms with E-state index in [1.165, 1.54) is 19.2 Å². The number of nitrogens with zero attached hydrogens (tertiary/aromatic N) is 2. The first-order valence-electron chi connectivity index (χ1n) is 8.17. The largest absolute Gasteiger partial charge is 0.464 e. The minimum Gasteiger partial charge on any atom is -0.464 e. The fourth-order valence-corrected chi connectivity index (χ4v) is 4.42. The number of nitrogens with two attached hydrogens (primary N) is 1. The zero-order valence-electron chi connectivity index (χ0n) is 14.7. The molecule has 0 radical (unpaired) electrons. The molecule has 28 heavy (non-hydrogen) atoms. The van der Waals surface area contributed by atoms with E-state index < -0.39 is 16.0 Å². The number of aromatic nitrogens is 2. The van der Waals surface area contributed by atoms with E-state index in [4.69, 9.17) is 9.88 Å². The summed E-state index contributed by atoms with van der Waals surface area (Å²) < 4.78 is 30.5. The molecule has 9 heteroatoms. The SMILES string of the molecule is COC(=O)c1cc(-c2cc3ccccc3s2)n(-c2ccc(S(N)(=O)=O)cc2)n1. The fourth-order valence-electron chi connectivity index (χ4n) is 2.84. The molecule has 0 bridgehead atoms. The van der Waals surface area contributed by atoms with Crippen molar-refractivity contribution in [1.29, 1.82) is 0 Å². The highest BCUT2D eigenvalue weighted by Crippen LogP contribution is 2.35. The number of fused-ring (bicyclic) bond motifs is 1. The van der Waals surface area contributed by atoms with Crippen LogP contribution in [0.3, 0.4) is 0 Å². The number of ether oxygens (including phenoxy) is 1. The Bertz CT molecular complexity index is 1260. The Kier molecular flexibility index (Phi) is 4.50. The van der Waals surface area contributed by atoms with Crippen LogP contribution in [0.15, 0.2) is 65.6 Å². The van der Waals surface area contributed by atoms with Gasteiger partial charge in [0.1, 0.15) is 0 Å². The third kappa shape index (κ3) is 3.31. The van der Waals surface area contributed by atoms with Gasteiger partial charge in [-0.25, -0.2) is 23.0 Å². The Morgan fingerprint density at radius 2 is 1.82 bits per heavy atom. The molecule has 0 amide bonds. The number of sulfonamides is 1. The van der Waals surface area contributed by atoms with Crippen LogP contribution in [-0.4, -0.2) is 31.3 Å². The van der Waals surface area contributed by atoms with Crippen LogP contribution in [-0.2, 0) is 14.8 Å². The number of esters is 1.